The number of halogens is 5. The van der Waals surface area contributed by atoms with Crippen molar-refractivity contribution in [3.05, 3.63) is 83.0 Å². The number of hydrogen-bond acceptors (Lipinski definition) is 6. The van der Waals surface area contributed by atoms with Crippen LogP contribution in [0.4, 0.5) is 33.7 Å². The molecule has 0 saturated heterocycles. The quantitative estimate of drug-likeness (QED) is 0.253. The highest BCUT2D eigenvalue weighted by Gasteiger charge is 2.33. The average Bonchev–Trinajstić information content (AvgIpc) is 3.33. The van der Waals surface area contributed by atoms with Crippen molar-refractivity contribution in [2.45, 2.75) is 12.8 Å². The summed E-state index contributed by atoms with van der Waals surface area (Å²) >= 11 is 5.56. The Morgan fingerprint density at radius 3 is 2.32 bits per heavy atom. The minimum atomic E-state index is -4.69. The van der Waals surface area contributed by atoms with Gasteiger partial charge in [0, 0.05) is 23.0 Å². The monoisotopic (exact) mass is 536 g/mol. The zero-order valence-electron chi connectivity index (χ0n) is 18.9. The fourth-order valence-electron chi connectivity index (χ4n) is 3.11. The van der Waals surface area contributed by atoms with Gasteiger partial charge in [0.2, 0.25) is 5.89 Å². The van der Waals surface area contributed by atoms with E-state index in [1.807, 2.05) is 0 Å². The van der Waals surface area contributed by atoms with E-state index in [1.165, 1.54) is 18.2 Å². The van der Waals surface area contributed by atoms with Gasteiger partial charge in [0.25, 0.3) is 5.89 Å². The normalized spacial score (nSPS) is 11.2. The molecule has 13 heteroatoms. The fraction of sp³-hybridized carbons (Fsp3) is 0.125. The number of benzene rings is 3. The maximum atomic E-state index is 14.5. The number of rotatable bonds is 7. The molecule has 0 spiro atoms. The molecular weight excluding hydrogens is 520 g/mol. The molecule has 0 aliphatic heterocycles. The second-order valence-electron chi connectivity index (χ2n) is 7.43. The zero-order chi connectivity index (χ0) is 26.6. The molecule has 37 heavy (non-hydrogen) atoms. The van der Waals surface area contributed by atoms with Crippen LogP contribution in [0, 0.1) is 5.82 Å². The van der Waals surface area contributed by atoms with Crippen LogP contribution >= 0.6 is 11.6 Å². The standard InChI is InChI=1S/C24H17ClF4N4O4/c1-35-16-6-2-13(3-7-16)22-33-32-21(37-22)12-36-20-9-5-15(11-19(20)26)31-23(34)30-14-4-8-18(25)17(10-14)24(27,28)29/h2-11H,12H2,1H3,(H2,30,31,34). The van der Waals surface area contributed by atoms with Gasteiger partial charge < -0.3 is 24.5 Å². The molecule has 1 heterocycles. The first-order valence-corrected chi connectivity index (χ1v) is 10.8. The minimum Gasteiger partial charge on any atom is -0.497 e. The van der Waals surface area contributed by atoms with E-state index < -0.39 is 28.6 Å². The number of amides is 2. The lowest BCUT2D eigenvalue weighted by molar-refractivity contribution is -0.137. The van der Waals surface area contributed by atoms with Crippen molar-refractivity contribution in [3.8, 4) is 23.0 Å². The summed E-state index contributed by atoms with van der Waals surface area (Å²) in [6, 6.07) is 12.5. The molecule has 192 valence electrons. The molecule has 0 saturated carbocycles. The van der Waals surface area contributed by atoms with Crippen LogP contribution in [0.2, 0.25) is 5.02 Å². The highest BCUT2D eigenvalue weighted by Crippen LogP contribution is 2.36. The maximum absolute atomic E-state index is 14.5. The third-order valence-corrected chi connectivity index (χ3v) is 5.20. The van der Waals surface area contributed by atoms with E-state index in [0.717, 1.165) is 12.1 Å². The van der Waals surface area contributed by atoms with Crippen LogP contribution in [0.3, 0.4) is 0 Å². The summed E-state index contributed by atoms with van der Waals surface area (Å²) < 4.78 is 69.4. The van der Waals surface area contributed by atoms with Gasteiger partial charge in [0.15, 0.2) is 18.2 Å². The molecular formula is C24H17ClF4N4O4. The molecule has 0 fully saturated rings. The molecule has 2 amide bonds. The van der Waals surface area contributed by atoms with Crippen LogP contribution in [0.1, 0.15) is 11.5 Å². The van der Waals surface area contributed by atoms with E-state index in [9.17, 15) is 22.4 Å². The summed E-state index contributed by atoms with van der Waals surface area (Å²) in [6.45, 7) is -0.217. The Kier molecular flexibility index (Phi) is 7.48. The van der Waals surface area contributed by atoms with Crippen LogP contribution in [-0.4, -0.2) is 23.3 Å². The number of alkyl halides is 3. The molecule has 3 aromatic carbocycles. The van der Waals surface area contributed by atoms with Gasteiger partial charge in [0.05, 0.1) is 17.7 Å². The molecule has 0 bridgehead atoms. The second-order valence-corrected chi connectivity index (χ2v) is 7.84. The van der Waals surface area contributed by atoms with Gasteiger partial charge in [-0.3, -0.25) is 0 Å². The summed E-state index contributed by atoms with van der Waals surface area (Å²) in [5.41, 5.74) is -0.556. The van der Waals surface area contributed by atoms with Gasteiger partial charge in [0.1, 0.15) is 5.75 Å². The van der Waals surface area contributed by atoms with Gasteiger partial charge in [-0.15, -0.1) is 10.2 Å². The summed E-state index contributed by atoms with van der Waals surface area (Å²) in [5, 5.41) is 11.8. The third kappa shape index (κ3) is 6.47. The Hall–Kier alpha value is -4.32. The van der Waals surface area contributed by atoms with Crippen molar-refractivity contribution in [1.29, 1.82) is 0 Å². The Morgan fingerprint density at radius 1 is 1.00 bits per heavy atom. The first kappa shape index (κ1) is 25.8. The second kappa shape index (κ2) is 10.7. The lowest BCUT2D eigenvalue weighted by Crippen LogP contribution is -2.20. The van der Waals surface area contributed by atoms with Gasteiger partial charge in [-0.1, -0.05) is 11.6 Å². The SMILES string of the molecule is COc1ccc(-c2nnc(COc3ccc(NC(=O)Nc4ccc(Cl)c(C(F)(F)F)c4)cc3F)o2)cc1. The average molecular weight is 537 g/mol. The molecule has 4 rings (SSSR count). The number of carbonyl (C=O) groups excluding carboxylic acids is 1. The summed E-state index contributed by atoms with van der Waals surface area (Å²) in [7, 11) is 1.55. The lowest BCUT2D eigenvalue weighted by atomic mass is 10.2. The van der Waals surface area contributed by atoms with Crippen molar-refractivity contribution in [2.75, 3.05) is 17.7 Å². The Morgan fingerprint density at radius 2 is 1.68 bits per heavy atom. The van der Waals surface area contributed by atoms with E-state index in [-0.39, 0.29) is 35.5 Å². The van der Waals surface area contributed by atoms with Crippen molar-refractivity contribution in [2.24, 2.45) is 0 Å². The molecule has 0 unspecified atom stereocenters. The third-order valence-electron chi connectivity index (χ3n) is 4.87. The molecule has 0 radical (unpaired) electrons. The van der Waals surface area contributed by atoms with E-state index in [4.69, 9.17) is 25.5 Å². The van der Waals surface area contributed by atoms with Gasteiger partial charge in [-0.05, 0) is 54.6 Å². The van der Waals surface area contributed by atoms with Crippen LogP contribution in [0.5, 0.6) is 11.5 Å². The Bertz CT molecular complexity index is 1410. The van der Waals surface area contributed by atoms with Crippen LogP contribution in [-0.2, 0) is 12.8 Å². The number of ether oxygens (including phenoxy) is 2. The van der Waals surface area contributed by atoms with Crippen LogP contribution in [0.15, 0.2) is 65.1 Å². The first-order chi connectivity index (χ1) is 17.6. The minimum absolute atomic E-state index is 0.0342. The van der Waals surface area contributed by atoms with Gasteiger partial charge in [-0.25, -0.2) is 9.18 Å². The lowest BCUT2D eigenvalue weighted by Gasteiger charge is -2.13. The summed E-state index contributed by atoms with van der Waals surface area (Å²) in [6.07, 6.45) is -4.69. The Labute approximate surface area is 212 Å². The summed E-state index contributed by atoms with van der Waals surface area (Å²) in [4.78, 5) is 12.2. The van der Waals surface area contributed by atoms with Crippen molar-refractivity contribution < 1.29 is 36.2 Å². The number of nitrogens with zero attached hydrogens (tertiary/aromatic N) is 2. The smallest absolute Gasteiger partial charge is 0.417 e. The number of urea groups is 1. The van der Waals surface area contributed by atoms with E-state index in [2.05, 4.69) is 20.8 Å². The van der Waals surface area contributed by atoms with Crippen LogP contribution < -0.4 is 20.1 Å². The van der Waals surface area contributed by atoms with E-state index >= 15 is 0 Å². The highest BCUT2D eigenvalue weighted by atomic mass is 35.5. The summed E-state index contributed by atoms with van der Waals surface area (Å²) in [5.74, 6) is 0.0582. The van der Waals surface area contributed by atoms with E-state index in [0.29, 0.717) is 17.4 Å². The van der Waals surface area contributed by atoms with Crippen molar-refractivity contribution in [3.63, 3.8) is 0 Å². The molecule has 0 aliphatic rings. The topological polar surface area (TPSA) is 98.5 Å². The number of hydrogen-bond donors (Lipinski definition) is 2. The molecule has 0 aliphatic carbocycles. The van der Waals surface area contributed by atoms with Crippen LogP contribution in [0.25, 0.3) is 11.5 Å². The highest BCUT2D eigenvalue weighted by molar-refractivity contribution is 6.31. The molecule has 4 aromatic rings. The molecule has 2 N–H and O–H groups in total. The maximum Gasteiger partial charge on any atom is 0.417 e. The number of aromatic nitrogens is 2. The number of nitrogens with one attached hydrogen (secondary N) is 2. The predicted octanol–water partition coefficient (Wildman–Crippen LogP) is 6.78. The van der Waals surface area contributed by atoms with Crippen molar-refractivity contribution in [1.82, 2.24) is 10.2 Å². The molecule has 8 nitrogen and oxygen atoms in total. The largest absolute Gasteiger partial charge is 0.497 e. The zero-order valence-corrected chi connectivity index (χ0v) is 19.7. The Balaban J connectivity index is 1.34. The number of anilines is 2. The fourth-order valence-corrected chi connectivity index (χ4v) is 3.34. The number of methoxy groups -OCH3 is 1. The molecule has 0 atom stereocenters. The van der Waals surface area contributed by atoms with Gasteiger partial charge in [-0.2, -0.15) is 13.2 Å². The predicted molar refractivity (Wildman–Crippen MR) is 126 cm³/mol. The first-order valence-electron chi connectivity index (χ1n) is 10.5. The molecule has 1 aromatic heterocycles. The van der Waals surface area contributed by atoms with Gasteiger partial charge >= 0.3 is 12.2 Å². The van der Waals surface area contributed by atoms with Crippen molar-refractivity contribution >= 4 is 29.0 Å². The number of carbonyl (C=O) groups is 1. The van der Waals surface area contributed by atoms with E-state index in [1.54, 1.807) is 31.4 Å².